The molecule has 1 N–H and O–H groups in total. The fraction of sp³-hybridized carbons (Fsp3) is 0.938. The van der Waals surface area contributed by atoms with Gasteiger partial charge in [0.15, 0.2) is 0 Å². The molecule has 0 unspecified atom stereocenters. The molecule has 3 aliphatic rings. The molecule has 0 aromatic heterocycles. The van der Waals surface area contributed by atoms with Crippen LogP contribution in [0.1, 0.15) is 51.9 Å². The summed E-state index contributed by atoms with van der Waals surface area (Å²) in [5, 5.41) is 3.21. The molecule has 2 saturated carbocycles. The van der Waals surface area contributed by atoms with Gasteiger partial charge in [-0.25, -0.2) is 0 Å². The SMILES string of the molecule is CC1(OCC(=O)N(CC2CCCCC2)C2CC2)CNC1. The molecule has 0 radical (unpaired) electrons. The number of nitrogens with one attached hydrogen (secondary N) is 1. The minimum atomic E-state index is -0.115. The summed E-state index contributed by atoms with van der Waals surface area (Å²) in [7, 11) is 0. The highest BCUT2D eigenvalue weighted by Gasteiger charge is 2.37. The number of carbonyl (C=O) groups excluding carboxylic acids is 1. The Morgan fingerprint density at radius 2 is 1.90 bits per heavy atom. The molecule has 3 rings (SSSR count). The first-order valence-electron chi connectivity index (χ1n) is 8.30. The van der Waals surface area contributed by atoms with Gasteiger partial charge in [-0.3, -0.25) is 4.79 Å². The van der Waals surface area contributed by atoms with Crippen LogP contribution in [0.25, 0.3) is 0 Å². The molecule has 114 valence electrons. The van der Waals surface area contributed by atoms with E-state index in [1.165, 1.54) is 44.9 Å². The normalized spacial score (nSPS) is 26.1. The van der Waals surface area contributed by atoms with Gasteiger partial charge >= 0.3 is 0 Å². The third-order valence-electron chi connectivity index (χ3n) is 5.03. The first kappa shape index (κ1) is 14.3. The van der Waals surface area contributed by atoms with Crippen LogP contribution in [-0.4, -0.2) is 48.7 Å². The second-order valence-electron chi connectivity index (χ2n) is 7.12. The monoisotopic (exact) mass is 280 g/mol. The van der Waals surface area contributed by atoms with Crippen LogP contribution in [-0.2, 0) is 9.53 Å². The first-order chi connectivity index (χ1) is 9.66. The standard InChI is InChI=1S/C16H28N2O2/c1-16(11-17-12-16)20-10-15(19)18(14-7-8-14)9-13-5-3-2-4-6-13/h13-14,17H,2-12H2,1H3. The summed E-state index contributed by atoms with van der Waals surface area (Å²) >= 11 is 0. The van der Waals surface area contributed by atoms with E-state index in [0.29, 0.717) is 6.04 Å². The topological polar surface area (TPSA) is 41.6 Å². The average molecular weight is 280 g/mol. The van der Waals surface area contributed by atoms with Gasteiger partial charge in [0.25, 0.3) is 0 Å². The molecule has 0 spiro atoms. The van der Waals surface area contributed by atoms with Crippen LogP contribution in [0.4, 0.5) is 0 Å². The fourth-order valence-corrected chi connectivity index (χ4v) is 3.39. The number of amides is 1. The van der Waals surface area contributed by atoms with Gasteiger partial charge in [-0.05, 0) is 38.5 Å². The Balaban J connectivity index is 1.48. The minimum absolute atomic E-state index is 0.115. The van der Waals surface area contributed by atoms with E-state index >= 15 is 0 Å². The lowest BCUT2D eigenvalue weighted by molar-refractivity contribution is -0.147. The largest absolute Gasteiger partial charge is 0.363 e. The lowest BCUT2D eigenvalue weighted by Gasteiger charge is -2.39. The van der Waals surface area contributed by atoms with E-state index in [4.69, 9.17) is 4.74 Å². The van der Waals surface area contributed by atoms with Crippen LogP contribution in [0.5, 0.6) is 0 Å². The van der Waals surface area contributed by atoms with Crippen molar-refractivity contribution in [1.29, 1.82) is 0 Å². The smallest absolute Gasteiger partial charge is 0.248 e. The highest BCUT2D eigenvalue weighted by Crippen LogP contribution is 2.31. The Labute approximate surface area is 122 Å². The summed E-state index contributed by atoms with van der Waals surface area (Å²) in [5.41, 5.74) is -0.115. The van der Waals surface area contributed by atoms with E-state index in [1.54, 1.807) is 0 Å². The number of rotatable bonds is 6. The molecule has 20 heavy (non-hydrogen) atoms. The molecule has 0 aromatic rings. The van der Waals surface area contributed by atoms with Crippen LogP contribution < -0.4 is 5.32 Å². The van der Waals surface area contributed by atoms with Crippen LogP contribution in [0.3, 0.4) is 0 Å². The van der Waals surface area contributed by atoms with E-state index < -0.39 is 0 Å². The third kappa shape index (κ3) is 3.53. The van der Waals surface area contributed by atoms with Crippen molar-refractivity contribution >= 4 is 5.91 Å². The third-order valence-corrected chi connectivity index (χ3v) is 5.03. The number of hydrogen-bond donors (Lipinski definition) is 1. The number of ether oxygens (including phenoxy) is 1. The molecule has 2 aliphatic carbocycles. The van der Waals surface area contributed by atoms with Crippen molar-refractivity contribution in [3.05, 3.63) is 0 Å². The molecule has 0 aromatic carbocycles. The van der Waals surface area contributed by atoms with E-state index in [-0.39, 0.29) is 18.1 Å². The summed E-state index contributed by atoms with van der Waals surface area (Å²) in [6.45, 7) is 5.06. The van der Waals surface area contributed by atoms with Gasteiger partial charge in [-0.15, -0.1) is 0 Å². The predicted octanol–water partition coefficient (Wildman–Crippen LogP) is 1.94. The summed E-state index contributed by atoms with van der Waals surface area (Å²) in [6.07, 6.45) is 9.06. The van der Waals surface area contributed by atoms with Gasteiger partial charge < -0.3 is 15.0 Å². The van der Waals surface area contributed by atoms with Gasteiger partial charge in [0.05, 0.1) is 5.60 Å². The molecule has 1 amide bonds. The van der Waals surface area contributed by atoms with Crippen molar-refractivity contribution in [2.45, 2.75) is 63.5 Å². The van der Waals surface area contributed by atoms with Gasteiger partial charge in [0, 0.05) is 25.7 Å². The average Bonchev–Trinajstić information content (AvgIpc) is 3.26. The lowest BCUT2D eigenvalue weighted by atomic mass is 9.89. The Morgan fingerprint density at radius 3 is 2.45 bits per heavy atom. The summed E-state index contributed by atoms with van der Waals surface area (Å²) in [5.74, 6) is 0.945. The van der Waals surface area contributed by atoms with E-state index in [9.17, 15) is 4.79 Å². The second-order valence-corrected chi connectivity index (χ2v) is 7.12. The van der Waals surface area contributed by atoms with Crippen molar-refractivity contribution in [3.63, 3.8) is 0 Å². The van der Waals surface area contributed by atoms with Gasteiger partial charge in [0.1, 0.15) is 6.61 Å². The fourth-order valence-electron chi connectivity index (χ4n) is 3.39. The van der Waals surface area contributed by atoms with Crippen molar-refractivity contribution < 1.29 is 9.53 Å². The zero-order valence-corrected chi connectivity index (χ0v) is 12.7. The Morgan fingerprint density at radius 1 is 1.20 bits per heavy atom. The highest BCUT2D eigenvalue weighted by molar-refractivity contribution is 5.78. The maximum absolute atomic E-state index is 12.5. The molecule has 4 nitrogen and oxygen atoms in total. The second kappa shape index (κ2) is 6.02. The predicted molar refractivity (Wildman–Crippen MR) is 78.5 cm³/mol. The zero-order chi connectivity index (χ0) is 14.0. The van der Waals surface area contributed by atoms with Crippen LogP contribution in [0.2, 0.25) is 0 Å². The maximum atomic E-state index is 12.5. The Bertz CT molecular complexity index is 344. The van der Waals surface area contributed by atoms with E-state index in [1.807, 2.05) is 0 Å². The quantitative estimate of drug-likeness (QED) is 0.808. The number of hydrogen-bond acceptors (Lipinski definition) is 3. The molecule has 1 heterocycles. The van der Waals surface area contributed by atoms with Gasteiger partial charge in [-0.2, -0.15) is 0 Å². The van der Waals surface area contributed by atoms with E-state index in [0.717, 1.165) is 25.6 Å². The number of carbonyl (C=O) groups is 1. The van der Waals surface area contributed by atoms with Crippen LogP contribution in [0, 0.1) is 5.92 Å². The summed E-state index contributed by atoms with van der Waals surface area (Å²) in [4.78, 5) is 14.6. The first-order valence-corrected chi connectivity index (χ1v) is 8.30. The van der Waals surface area contributed by atoms with Crippen molar-refractivity contribution in [1.82, 2.24) is 10.2 Å². The molecule has 1 saturated heterocycles. The zero-order valence-electron chi connectivity index (χ0n) is 12.7. The molecular weight excluding hydrogens is 252 g/mol. The van der Waals surface area contributed by atoms with Gasteiger partial charge in [0.2, 0.25) is 5.91 Å². The molecule has 3 fully saturated rings. The van der Waals surface area contributed by atoms with E-state index in [2.05, 4.69) is 17.1 Å². The summed E-state index contributed by atoms with van der Waals surface area (Å²) in [6, 6.07) is 0.514. The molecular formula is C16H28N2O2. The van der Waals surface area contributed by atoms with Crippen LogP contribution >= 0.6 is 0 Å². The number of nitrogens with zero attached hydrogens (tertiary/aromatic N) is 1. The molecule has 0 bridgehead atoms. The molecule has 1 aliphatic heterocycles. The van der Waals surface area contributed by atoms with Crippen LogP contribution in [0.15, 0.2) is 0 Å². The maximum Gasteiger partial charge on any atom is 0.248 e. The summed E-state index contributed by atoms with van der Waals surface area (Å²) < 4.78 is 5.82. The highest BCUT2D eigenvalue weighted by atomic mass is 16.5. The molecule has 0 atom stereocenters. The molecule has 4 heteroatoms. The van der Waals surface area contributed by atoms with Crippen molar-refractivity contribution in [3.8, 4) is 0 Å². The van der Waals surface area contributed by atoms with Gasteiger partial charge in [-0.1, -0.05) is 19.3 Å². The minimum Gasteiger partial charge on any atom is -0.363 e. The van der Waals surface area contributed by atoms with Crippen molar-refractivity contribution in [2.24, 2.45) is 5.92 Å². The Kier molecular flexibility index (Phi) is 4.32. The Hall–Kier alpha value is -0.610. The lowest BCUT2D eigenvalue weighted by Crippen LogP contribution is -2.59. The van der Waals surface area contributed by atoms with Crippen molar-refractivity contribution in [2.75, 3.05) is 26.2 Å².